The minimum Gasteiger partial charge on any atom is -0.506 e. The van der Waals surface area contributed by atoms with Gasteiger partial charge in [-0.2, -0.15) is 0 Å². The van der Waals surface area contributed by atoms with Gasteiger partial charge >= 0.3 is 0 Å². The normalized spacial score (nSPS) is 21.5. The van der Waals surface area contributed by atoms with E-state index in [1.807, 2.05) is 44.2 Å². The van der Waals surface area contributed by atoms with E-state index in [1.165, 1.54) is 12.3 Å². The Kier molecular flexibility index (Phi) is 8.96. The number of nitrogens with zero attached hydrogens (tertiary/aromatic N) is 1. The first-order valence-electron chi connectivity index (χ1n) is 18.1. The second-order valence-corrected chi connectivity index (χ2v) is 15.7. The molecule has 3 aliphatic heterocycles. The molecule has 5 heterocycles. The van der Waals surface area contributed by atoms with E-state index in [-0.39, 0.29) is 41.4 Å². The standard InChI is InChI=1S/C40H39BrN6O8/c1-17(2)29-38-46-32(36(52)43-16-27(49)21-15-42-30-20(21)7-5-10-26(30)48)34(55-38)40-22-8-6-9-24(41)31(22)47-39(40)54-28-12-11-19(13-23(28)40)14-25(35(51)45-29)44-37(53)33(50)18(3)4/h5-13,15,17-18,25,29,33,39,42,47-48,50H,14,16H2,1-4H3,(H,43,52)(H,44,53)(H,45,51)/t25-,29-,33-,39?,40?/m0/s1. The van der Waals surface area contributed by atoms with Crippen molar-refractivity contribution in [3.63, 3.8) is 0 Å². The molecule has 5 atom stereocenters. The summed E-state index contributed by atoms with van der Waals surface area (Å²) in [7, 11) is 0. The molecule has 8 rings (SSSR count). The molecule has 3 aliphatic rings. The van der Waals surface area contributed by atoms with Crippen molar-refractivity contribution in [1.29, 1.82) is 0 Å². The predicted octanol–water partition coefficient (Wildman–Crippen LogP) is 4.59. The number of fused-ring (bicyclic) bond motifs is 5. The molecule has 0 radical (unpaired) electrons. The third-order valence-electron chi connectivity index (χ3n) is 10.6. The fraction of sp³-hybridized carbons (Fsp3) is 0.325. The van der Waals surface area contributed by atoms with E-state index in [9.17, 15) is 29.4 Å². The number of oxazole rings is 1. The molecule has 1 spiro atoms. The number of rotatable bonds is 8. The average Bonchev–Trinajstić information content (AvgIpc) is 3.92. The lowest BCUT2D eigenvalue weighted by Crippen LogP contribution is -2.52. The summed E-state index contributed by atoms with van der Waals surface area (Å²) in [6.07, 6.45) is -0.571. The number of ether oxygens (including phenoxy) is 1. The smallest absolute Gasteiger partial charge is 0.273 e. The summed E-state index contributed by atoms with van der Waals surface area (Å²) in [6.45, 7) is 6.74. The highest BCUT2D eigenvalue weighted by Gasteiger charge is 2.61. The number of amides is 3. The van der Waals surface area contributed by atoms with Crippen LogP contribution in [0.25, 0.3) is 10.9 Å². The summed E-state index contributed by atoms with van der Waals surface area (Å²) >= 11 is 3.67. The minimum absolute atomic E-state index is 0.00826. The van der Waals surface area contributed by atoms with E-state index in [0.717, 1.165) is 15.7 Å². The van der Waals surface area contributed by atoms with Crippen molar-refractivity contribution in [2.75, 3.05) is 11.9 Å². The largest absolute Gasteiger partial charge is 0.506 e. The maximum Gasteiger partial charge on any atom is 0.273 e. The van der Waals surface area contributed by atoms with Crippen LogP contribution >= 0.6 is 15.9 Å². The van der Waals surface area contributed by atoms with Gasteiger partial charge in [-0.05, 0) is 51.5 Å². The molecular weight excluding hydrogens is 772 g/mol. The molecule has 3 amide bonds. The van der Waals surface area contributed by atoms with E-state index in [2.05, 4.69) is 42.2 Å². The SMILES string of the molecule is CC(C)[C@H](O)C(=O)N[C@H]1Cc2ccc3c(c2)C2(c4cccc(Br)c4NC2O3)c2oc(nc2C(=O)NCC(=O)c2c[nH]c3c(O)cccc23)[C@H](C(C)C)NC1=O. The van der Waals surface area contributed by atoms with Crippen LogP contribution in [0.4, 0.5) is 5.69 Å². The van der Waals surface area contributed by atoms with Gasteiger partial charge in [-0.25, -0.2) is 4.98 Å². The number of ketones is 1. The third kappa shape index (κ3) is 5.84. The molecule has 0 saturated heterocycles. The van der Waals surface area contributed by atoms with Crippen LogP contribution in [0.5, 0.6) is 11.5 Å². The lowest BCUT2D eigenvalue weighted by Gasteiger charge is -2.29. The van der Waals surface area contributed by atoms with Gasteiger partial charge < -0.3 is 45.6 Å². The summed E-state index contributed by atoms with van der Waals surface area (Å²) in [6, 6.07) is 14.0. The van der Waals surface area contributed by atoms with E-state index in [0.29, 0.717) is 33.3 Å². The van der Waals surface area contributed by atoms with E-state index >= 15 is 0 Å². The van der Waals surface area contributed by atoms with Crippen molar-refractivity contribution in [2.24, 2.45) is 11.8 Å². The Morgan fingerprint density at radius 1 is 1.05 bits per heavy atom. The Balaban J connectivity index is 1.27. The number of H-pyrrole nitrogens is 1. The molecule has 0 aliphatic carbocycles. The van der Waals surface area contributed by atoms with Gasteiger partial charge in [0.15, 0.2) is 23.5 Å². The zero-order chi connectivity index (χ0) is 38.9. The first-order chi connectivity index (χ1) is 26.3. The highest BCUT2D eigenvalue weighted by molar-refractivity contribution is 9.10. The van der Waals surface area contributed by atoms with Crippen molar-refractivity contribution in [3.05, 3.63) is 105 Å². The van der Waals surface area contributed by atoms with Gasteiger partial charge in [0.2, 0.25) is 17.7 Å². The Bertz CT molecular complexity index is 2400. The van der Waals surface area contributed by atoms with E-state index in [1.54, 1.807) is 32.0 Å². The number of para-hydroxylation sites is 2. The Labute approximate surface area is 323 Å². The van der Waals surface area contributed by atoms with Gasteiger partial charge in [0.05, 0.1) is 17.7 Å². The number of halogens is 1. The first kappa shape index (κ1) is 36.3. The average molecular weight is 812 g/mol. The summed E-state index contributed by atoms with van der Waals surface area (Å²) in [5.41, 5.74) is 2.08. The molecule has 3 aromatic carbocycles. The van der Waals surface area contributed by atoms with Crippen LogP contribution in [0.2, 0.25) is 0 Å². The van der Waals surface area contributed by atoms with Crippen molar-refractivity contribution < 1.29 is 38.5 Å². The van der Waals surface area contributed by atoms with Crippen molar-refractivity contribution >= 4 is 56.0 Å². The second kappa shape index (κ2) is 13.6. The number of benzene rings is 3. The molecule has 0 fully saturated rings. The Morgan fingerprint density at radius 2 is 1.84 bits per heavy atom. The van der Waals surface area contributed by atoms with Crippen LogP contribution in [0.15, 0.2) is 69.7 Å². The topological polar surface area (TPSA) is 208 Å². The number of phenolic OH excluding ortho intramolecular Hbond substituents is 1. The van der Waals surface area contributed by atoms with Crippen LogP contribution in [0, 0.1) is 11.8 Å². The van der Waals surface area contributed by atoms with Crippen LogP contribution in [0.3, 0.4) is 0 Å². The highest BCUT2D eigenvalue weighted by atomic mass is 79.9. The van der Waals surface area contributed by atoms with Gasteiger partial charge in [0, 0.05) is 39.2 Å². The number of phenols is 1. The van der Waals surface area contributed by atoms with Gasteiger partial charge in [-0.3, -0.25) is 19.2 Å². The van der Waals surface area contributed by atoms with Crippen LogP contribution in [0.1, 0.15) is 82.9 Å². The quantitative estimate of drug-likeness (QED) is 0.109. The number of aliphatic hydroxyl groups excluding tert-OH is 1. The maximum absolute atomic E-state index is 14.4. The zero-order valence-corrected chi connectivity index (χ0v) is 31.9. The van der Waals surface area contributed by atoms with Crippen molar-refractivity contribution in [1.82, 2.24) is 25.9 Å². The molecule has 0 saturated carbocycles. The highest BCUT2D eigenvalue weighted by Crippen LogP contribution is 2.59. The number of anilines is 1. The fourth-order valence-electron chi connectivity index (χ4n) is 7.76. The second-order valence-electron chi connectivity index (χ2n) is 14.9. The molecule has 284 valence electrons. The number of carbonyl (C=O) groups excluding carboxylic acids is 4. The number of carbonyl (C=O) groups is 4. The molecule has 5 aromatic rings. The lowest BCUT2D eigenvalue weighted by atomic mass is 9.72. The Morgan fingerprint density at radius 3 is 2.60 bits per heavy atom. The Hall–Kier alpha value is -5.67. The number of hydrogen-bond donors (Lipinski definition) is 7. The zero-order valence-electron chi connectivity index (χ0n) is 30.3. The summed E-state index contributed by atoms with van der Waals surface area (Å²) < 4.78 is 14.1. The summed E-state index contributed by atoms with van der Waals surface area (Å²) in [4.78, 5) is 62.9. The number of Topliss-reactive ketones (excluding diaryl/α,β-unsaturated/α-hetero) is 1. The number of aromatic hydroxyl groups is 1. The number of aliphatic hydroxyl groups is 1. The molecule has 14 nitrogen and oxygen atoms in total. The van der Waals surface area contributed by atoms with Crippen LogP contribution < -0.4 is 26.0 Å². The van der Waals surface area contributed by atoms with Crippen LogP contribution in [-0.2, 0) is 21.4 Å². The van der Waals surface area contributed by atoms with E-state index in [4.69, 9.17) is 14.1 Å². The third-order valence-corrected chi connectivity index (χ3v) is 11.3. The minimum atomic E-state index is -1.34. The predicted molar refractivity (Wildman–Crippen MR) is 204 cm³/mol. The van der Waals surface area contributed by atoms with E-state index < -0.39 is 59.9 Å². The van der Waals surface area contributed by atoms with Gasteiger partial charge in [-0.15, -0.1) is 0 Å². The summed E-state index contributed by atoms with van der Waals surface area (Å²) in [5, 5.41) is 33.3. The molecule has 2 aromatic heterocycles. The number of aromatic amines is 1. The number of hydrogen-bond acceptors (Lipinski definition) is 10. The monoisotopic (exact) mass is 810 g/mol. The van der Waals surface area contributed by atoms with Crippen molar-refractivity contribution in [3.8, 4) is 11.5 Å². The van der Waals surface area contributed by atoms with Gasteiger partial charge in [-0.1, -0.05) is 64.1 Å². The molecular formula is C40H39BrN6O8. The molecule has 55 heavy (non-hydrogen) atoms. The maximum atomic E-state index is 14.4. The molecule has 2 unspecified atom stereocenters. The molecule has 7 N–H and O–H groups in total. The first-order valence-corrected chi connectivity index (χ1v) is 18.8. The van der Waals surface area contributed by atoms with Gasteiger partial charge in [0.1, 0.15) is 35.1 Å². The molecule has 15 heteroatoms. The number of aromatic nitrogens is 2. The van der Waals surface area contributed by atoms with Crippen molar-refractivity contribution in [2.45, 2.75) is 63.9 Å². The lowest BCUT2D eigenvalue weighted by molar-refractivity contribution is -0.135. The van der Waals surface area contributed by atoms with Gasteiger partial charge in [0.25, 0.3) is 5.91 Å². The fourth-order valence-corrected chi connectivity index (χ4v) is 8.24. The molecule has 4 bridgehead atoms. The number of nitrogens with one attached hydrogen (secondary N) is 5. The van der Waals surface area contributed by atoms with Crippen LogP contribution in [-0.4, -0.2) is 68.6 Å². The summed E-state index contributed by atoms with van der Waals surface area (Å²) in [5.74, 6) is -2.33.